The van der Waals surface area contributed by atoms with Crippen molar-refractivity contribution in [2.45, 2.75) is 206 Å². The van der Waals surface area contributed by atoms with Gasteiger partial charge in [0.2, 0.25) is 5.91 Å². The molecule has 3 N–H and O–H groups in total. The van der Waals surface area contributed by atoms with Crippen molar-refractivity contribution in [1.29, 1.82) is 0 Å². The third-order valence-electron chi connectivity index (χ3n) is 9.36. The molecule has 0 aromatic heterocycles. The highest BCUT2D eigenvalue weighted by Crippen LogP contribution is 2.43. The number of quaternary nitrogens is 1. The van der Waals surface area contributed by atoms with Crippen LogP contribution >= 0.6 is 7.82 Å². The normalized spacial score (nSPS) is 14.6. The second-order valence-corrected chi connectivity index (χ2v) is 16.8. The zero-order chi connectivity index (χ0) is 35.8. The van der Waals surface area contributed by atoms with Crippen molar-refractivity contribution >= 4 is 13.7 Å². The van der Waals surface area contributed by atoms with Crippen molar-refractivity contribution in [3.63, 3.8) is 0 Å². The second-order valence-electron chi connectivity index (χ2n) is 15.4. The number of aliphatic hydroxyl groups is 1. The fourth-order valence-corrected chi connectivity index (χ4v) is 6.78. The van der Waals surface area contributed by atoms with Crippen LogP contribution in [0.25, 0.3) is 0 Å². The molecule has 0 spiro atoms. The molecule has 1 amide bonds. The number of carbonyl (C=O) groups excluding carboxylic acids is 1. The number of rotatable bonds is 37. The molecule has 0 aliphatic carbocycles. The van der Waals surface area contributed by atoms with Crippen LogP contribution in [0.1, 0.15) is 194 Å². The van der Waals surface area contributed by atoms with Crippen LogP contribution in [0, 0.1) is 0 Å². The van der Waals surface area contributed by atoms with Crippen LogP contribution in [0.2, 0.25) is 0 Å². The summed E-state index contributed by atoms with van der Waals surface area (Å²) in [5.74, 6) is -0.144. The number of nitrogens with zero attached hydrogens (tertiary/aromatic N) is 1. The first-order valence-electron chi connectivity index (χ1n) is 20.4. The van der Waals surface area contributed by atoms with Crippen LogP contribution in [0.5, 0.6) is 0 Å². The molecule has 9 heteroatoms. The van der Waals surface area contributed by atoms with Gasteiger partial charge in [0.05, 0.1) is 39.9 Å². The van der Waals surface area contributed by atoms with Crippen molar-refractivity contribution in [3.05, 3.63) is 0 Å². The zero-order valence-corrected chi connectivity index (χ0v) is 33.4. The Morgan fingerprint density at radius 2 is 1.00 bits per heavy atom. The zero-order valence-electron chi connectivity index (χ0n) is 32.5. The summed E-state index contributed by atoms with van der Waals surface area (Å²) in [6.45, 7) is 4.88. The number of amides is 1. The SMILES string of the molecule is CCCCCCCCCCCCCCCC(=O)N[C@H](COP(=O)(O)OCC[N+](C)(C)C)[C@@H](O)CCCCCCCCCCCCCCC. The molecule has 0 aromatic carbocycles. The average Bonchev–Trinajstić information content (AvgIpc) is 3.02. The van der Waals surface area contributed by atoms with Crippen molar-refractivity contribution in [2.75, 3.05) is 40.9 Å². The van der Waals surface area contributed by atoms with E-state index in [2.05, 4.69) is 19.2 Å². The van der Waals surface area contributed by atoms with Gasteiger partial charge >= 0.3 is 7.82 Å². The van der Waals surface area contributed by atoms with E-state index in [1.807, 2.05) is 21.1 Å². The molecule has 0 aliphatic rings. The van der Waals surface area contributed by atoms with Gasteiger partial charge in [0.1, 0.15) is 13.2 Å². The Labute approximate surface area is 298 Å². The largest absolute Gasteiger partial charge is 0.472 e. The first-order chi connectivity index (χ1) is 23.0. The lowest BCUT2D eigenvalue weighted by Gasteiger charge is -2.26. The van der Waals surface area contributed by atoms with Gasteiger partial charge in [0, 0.05) is 6.42 Å². The lowest BCUT2D eigenvalue weighted by atomic mass is 10.0. The van der Waals surface area contributed by atoms with E-state index in [1.165, 1.54) is 128 Å². The smallest absolute Gasteiger partial charge is 0.391 e. The molecule has 0 rings (SSSR count). The monoisotopic (exact) mass is 706 g/mol. The predicted octanol–water partition coefficient (Wildman–Crippen LogP) is 10.6. The van der Waals surface area contributed by atoms with Crippen LogP contribution < -0.4 is 5.32 Å². The molecule has 0 radical (unpaired) electrons. The highest BCUT2D eigenvalue weighted by Gasteiger charge is 2.28. The Morgan fingerprint density at radius 3 is 1.40 bits per heavy atom. The molecule has 0 saturated heterocycles. The van der Waals surface area contributed by atoms with E-state index in [-0.39, 0.29) is 19.1 Å². The number of aliphatic hydroxyl groups excluding tert-OH is 1. The number of phosphoric acid groups is 1. The summed E-state index contributed by atoms with van der Waals surface area (Å²) in [7, 11) is 1.62. The number of carbonyl (C=O) groups is 1. The summed E-state index contributed by atoms with van der Waals surface area (Å²) >= 11 is 0. The summed E-state index contributed by atoms with van der Waals surface area (Å²) in [5.41, 5.74) is 0. The molecule has 3 atom stereocenters. The molecule has 0 fully saturated rings. The Kier molecular flexibility index (Phi) is 32.1. The topological polar surface area (TPSA) is 105 Å². The quantitative estimate of drug-likeness (QED) is 0.0338. The number of likely N-dealkylation sites (N-methyl/N-ethyl adjacent to an activating group) is 1. The summed E-state index contributed by atoms with van der Waals surface area (Å²) in [6.07, 6.45) is 32.6. The highest BCUT2D eigenvalue weighted by atomic mass is 31.2. The lowest BCUT2D eigenvalue weighted by molar-refractivity contribution is -0.870. The minimum Gasteiger partial charge on any atom is -0.391 e. The maximum atomic E-state index is 12.8. The van der Waals surface area contributed by atoms with Gasteiger partial charge in [0.15, 0.2) is 0 Å². The summed E-state index contributed by atoms with van der Waals surface area (Å²) in [5, 5.41) is 13.9. The maximum Gasteiger partial charge on any atom is 0.472 e. The second kappa shape index (κ2) is 32.4. The van der Waals surface area contributed by atoms with Gasteiger partial charge in [-0.15, -0.1) is 0 Å². The maximum absolute atomic E-state index is 12.8. The standard InChI is InChI=1S/C39H81N2O6P/c1-6-8-10-12-14-16-18-20-22-24-26-28-30-32-38(42)37(36-47-48(44,45)46-35-34-41(3,4)5)40-39(43)33-31-29-27-25-23-21-19-17-15-13-11-9-7-2/h37-38,42H,6-36H2,1-5H3,(H-,40,43,44,45)/p+1/t37-,38+/m1/s1. The first-order valence-corrected chi connectivity index (χ1v) is 21.9. The molecule has 48 heavy (non-hydrogen) atoms. The summed E-state index contributed by atoms with van der Waals surface area (Å²) in [4.78, 5) is 23.0. The predicted molar refractivity (Wildman–Crippen MR) is 203 cm³/mol. The Balaban J connectivity index is 4.41. The Bertz CT molecular complexity index is 763. The lowest BCUT2D eigenvalue weighted by Crippen LogP contribution is -2.46. The van der Waals surface area contributed by atoms with Gasteiger partial charge in [0.25, 0.3) is 0 Å². The number of hydrogen-bond acceptors (Lipinski definition) is 5. The average molecular weight is 706 g/mol. The Morgan fingerprint density at radius 1 is 0.625 bits per heavy atom. The summed E-state index contributed by atoms with van der Waals surface area (Å²) < 4.78 is 23.5. The number of unbranched alkanes of at least 4 members (excludes halogenated alkanes) is 24. The van der Waals surface area contributed by atoms with Gasteiger partial charge in [-0.05, 0) is 12.8 Å². The number of nitrogens with one attached hydrogen (secondary N) is 1. The fourth-order valence-electron chi connectivity index (χ4n) is 6.05. The molecule has 0 aliphatic heterocycles. The third-order valence-corrected chi connectivity index (χ3v) is 10.3. The van der Waals surface area contributed by atoms with E-state index >= 15 is 0 Å². The van der Waals surface area contributed by atoms with Crippen LogP contribution in [0.3, 0.4) is 0 Å². The van der Waals surface area contributed by atoms with Crippen molar-refractivity contribution in [3.8, 4) is 0 Å². The van der Waals surface area contributed by atoms with Crippen LogP contribution in [0.15, 0.2) is 0 Å². The molecule has 288 valence electrons. The van der Waals surface area contributed by atoms with Crippen LogP contribution in [0.4, 0.5) is 0 Å². The van der Waals surface area contributed by atoms with Gasteiger partial charge in [-0.1, -0.05) is 174 Å². The molecule has 0 bridgehead atoms. The molecule has 1 unspecified atom stereocenters. The third kappa shape index (κ3) is 34.0. The molecule has 8 nitrogen and oxygen atoms in total. The van der Waals surface area contributed by atoms with E-state index in [0.717, 1.165) is 38.5 Å². The van der Waals surface area contributed by atoms with E-state index in [9.17, 15) is 19.4 Å². The van der Waals surface area contributed by atoms with Gasteiger partial charge in [-0.25, -0.2) is 4.57 Å². The molecule has 0 saturated carbocycles. The van der Waals surface area contributed by atoms with Gasteiger partial charge in [-0.2, -0.15) is 0 Å². The van der Waals surface area contributed by atoms with Gasteiger partial charge < -0.3 is 19.8 Å². The van der Waals surface area contributed by atoms with E-state index in [0.29, 0.717) is 23.9 Å². The minimum absolute atomic E-state index is 0.0782. The molecule has 0 heterocycles. The van der Waals surface area contributed by atoms with Crippen LogP contribution in [-0.4, -0.2) is 73.4 Å². The Hall–Kier alpha value is -0.500. The van der Waals surface area contributed by atoms with Gasteiger partial charge in [-0.3, -0.25) is 13.8 Å². The summed E-state index contributed by atoms with van der Waals surface area (Å²) in [6, 6.07) is -0.751. The number of hydrogen-bond donors (Lipinski definition) is 3. The van der Waals surface area contributed by atoms with Crippen molar-refractivity contribution in [1.82, 2.24) is 5.32 Å². The molecular formula is C39H82N2O6P+. The first kappa shape index (κ1) is 47.5. The van der Waals surface area contributed by atoms with Crippen molar-refractivity contribution < 1.29 is 32.9 Å². The van der Waals surface area contributed by atoms with E-state index in [4.69, 9.17) is 9.05 Å². The number of phosphoric ester groups is 1. The van der Waals surface area contributed by atoms with Crippen LogP contribution in [-0.2, 0) is 18.4 Å². The molecule has 0 aromatic rings. The van der Waals surface area contributed by atoms with Crippen molar-refractivity contribution in [2.24, 2.45) is 0 Å². The molecular weight excluding hydrogens is 623 g/mol. The fraction of sp³-hybridized carbons (Fsp3) is 0.974. The van der Waals surface area contributed by atoms with E-state index in [1.54, 1.807) is 0 Å². The minimum atomic E-state index is -4.30. The van der Waals surface area contributed by atoms with E-state index < -0.39 is 20.0 Å². The highest BCUT2D eigenvalue weighted by molar-refractivity contribution is 7.47.